The van der Waals surface area contributed by atoms with Crippen molar-refractivity contribution in [2.75, 3.05) is 19.0 Å². The standard InChI is InChI=1S/C20H18FNO4/c1-3-16-19(15-9-6-13(21)10-17(15)26-16)20(24)12-4-7-14(8-5-12)22-11-18(23)25-2/h4-10,22H,3,11H2,1-2H3. The molecule has 0 bridgehead atoms. The molecular weight excluding hydrogens is 337 g/mol. The van der Waals surface area contributed by atoms with Crippen LogP contribution in [0.5, 0.6) is 0 Å². The average Bonchev–Trinajstić information content (AvgIpc) is 3.03. The van der Waals surface area contributed by atoms with E-state index in [1.165, 1.54) is 19.2 Å². The molecule has 0 fully saturated rings. The summed E-state index contributed by atoms with van der Waals surface area (Å²) in [5, 5.41) is 3.51. The van der Waals surface area contributed by atoms with E-state index < -0.39 is 5.82 Å². The molecule has 0 aliphatic heterocycles. The molecule has 1 heterocycles. The van der Waals surface area contributed by atoms with Gasteiger partial charge in [-0.2, -0.15) is 0 Å². The molecule has 0 aliphatic carbocycles. The van der Waals surface area contributed by atoms with Crippen molar-refractivity contribution >= 4 is 28.4 Å². The zero-order valence-electron chi connectivity index (χ0n) is 14.5. The fraction of sp³-hybridized carbons (Fsp3) is 0.200. The summed E-state index contributed by atoms with van der Waals surface area (Å²) in [4.78, 5) is 24.1. The van der Waals surface area contributed by atoms with Crippen LogP contribution in [0.2, 0.25) is 0 Å². The first-order valence-corrected chi connectivity index (χ1v) is 8.20. The normalized spacial score (nSPS) is 10.7. The van der Waals surface area contributed by atoms with E-state index in [1.54, 1.807) is 30.3 Å². The Labute approximate surface area is 149 Å². The molecule has 3 rings (SSSR count). The molecule has 26 heavy (non-hydrogen) atoms. The van der Waals surface area contributed by atoms with Crippen LogP contribution in [0.25, 0.3) is 11.0 Å². The van der Waals surface area contributed by atoms with Crippen molar-refractivity contribution in [2.24, 2.45) is 0 Å². The minimum absolute atomic E-state index is 0.0434. The van der Waals surface area contributed by atoms with Crippen LogP contribution in [0.4, 0.5) is 10.1 Å². The van der Waals surface area contributed by atoms with Crippen LogP contribution in [-0.4, -0.2) is 25.4 Å². The molecule has 0 atom stereocenters. The van der Waals surface area contributed by atoms with Gasteiger partial charge in [-0.15, -0.1) is 0 Å². The number of nitrogens with one attached hydrogen (secondary N) is 1. The number of rotatable bonds is 6. The number of ether oxygens (including phenoxy) is 1. The van der Waals surface area contributed by atoms with Crippen LogP contribution in [0.3, 0.4) is 0 Å². The van der Waals surface area contributed by atoms with Crippen molar-refractivity contribution in [1.29, 1.82) is 0 Å². The molecule has 0 spiro atoms. The number of anilines is 1. The van der Waals surface area contributed by atoms with E-state index in [4.69, 9.17) is 4.42 Å². The Hall–Kier alpha value is -3.15. The number of halogens is 1. The number of hydrogen-bond acceptors (Lipinski definition) is 5. The van der Waals surface area contributed by atoms with Crippen LogP contribution in [0.1, 0.15) is 28.6 Å². The predicted octanol–water partition coefficient (Wildman–Crippen LogP) is 3.95. The quantitative estimate of drug-likeness (QED) is 0.536. The molecule has 0 amide bonds. The number of benzene rings is 2. The number of fused-ring (bicyclic) bond motifs is 1. The molecule has 3 aromatic rings. The molecular formula is C20H18FNO4. The van der Waals surface area contributed by atoms with Gasteiger partial charge < -0.3 is 14.5 Å². The second kappa shape index (κ2) is 7.39. The Morgan fingerprint density at radius 3 is 2.54 bits per heavy atom. The van der Waals surface area contributed by atoms with Crippen LogP contribution in [0.15, 0.2) is 46.9 Å². The first-order chi connectivity index (χ1) is 12.5. The summed E-state index contributed by atoms with van der Waals surface area (Å²) in [5.41, 5.74) is 2.00. The van der Waals surface area contributed by atoms with E-state index in [-0.39, 0.29) is 18.3 Å². The fourth-order valence-corrected chi connectivity index (χ4v) is 2.75. The molecule has 5 nitrogen and oxygen atoms in total. The third kappa shape index (κ3) is 3.44. The number of aryl methyl sites for hydroxylation is 1. The van der Waals surface area contributed by atoms with E-state index in [0.29, 0.717) is 40.0 Å². The highest BCUT2D eigenvalue weighted by atomic mass is 19.1. The number of methoxy groups -OCH3 is 1. The number of ketones is 1. The van der Waals surface area contributed by atoms with Gasteiger partial charge in [-0.25, -0.2) is 4.39 Å². The molecule has 134 valence electrons. The third-order valence-electron chi connectivity index (χ3n) is 4.08. The van der Waals surface area contributed by atoms with Crippen molar-refractivity contribution in [1.82, 2.24) is 0 Å². The lowest BCUT2D eigenvalue weighted by Gasteiger charge is -2.06. The van der Waals surface area contributed by atoms with Crippen LogP contribution < -0.4 is 5.32 Å². The summed E-state index contributed by atoms with van der Waals surface area (Å²) in [7, 11) is 1.32. The summed E-state index contributed by atoms with van der Waals surface area (Å²) >= 11 is 0. The van der Waals surface area contributed by atoms with Gasteiger partial charge in [-0.1, -0.05) is 6.92 Å². The molecule has 1 N–H and O–H groups in total. The van der Waals surface area contributed by atoms with E-state index in [9.17, 15) is 14.0 Å². The van der Waals surface area contributed by atoms with Crippen molar-refractivity contribution in [3.8, 4) is 0 Å². The molecule has 1 aromatic heterocycles. The Morgan fingerprint density at radius 1 is 1.15 bits per heavy atom. The monoisotopic (exact) mass is 355 g/mol. The number of carbonyl (C=O) groups excluding carboxylic acids is 2. The lowest BCUT2D eigenvalue weighted by molar-refractivity contribution is -0.138. The summed E-state index contributed by atoms with van der Waals surface area (Å²) in [6.45, 7) is 1.92. The van der Waals surface area contributed by atoms with E-state index >= 15 is 0 Å². The van der Waals surface area contributed by atoms with Gasteiger partial charge in [0.1, 0.15) is 23.7 Å². The maximum atomic E-state index is 13.4. The lowest BCUT2D eigenvalue weighted by atomic mass is 9.99. The van der Waals surface area contributed by atoms with Gasteiger partial charge in [-0.05, 0) is 36.4 Å². The maximum absolute atomic E-state index is 13.4. The van der Waals surface area contributed by atoms with Crippen LogP contribution >= 0.6 is 0 Å². The van der Waals surface area contributed by atoms with Crippen LogP contribution in [-0.2, 0) is 16.0 Å². The second-order valence-corrected chi connectivity index (χ2v) is 5.73. The van der Waals surface area contributed by atoms with Gasteiger partial charge >= 0.3 is 5.97 Å². The Morgan fingerprint density at radius 2 is 1.88 bits per heavy atom. The second-order valence-electron chi connectivity index (χ2n) is 5.73. The van der Waals surface area contributed by atoms with Crippen molar-refractivity contribution < 1.29 is 23.1 Å². The third-order valence-corrected chi connectivity index (χ3v) is 4.08. The summed E-state index contributed by atoms with van der Waals surface area (Å²) in [6.07, 6.45) is 0.524. The van der Waals surface area contributed by atoms with Gasteiger partial charge in [0.2, 0.25) is 0 Å². The van der Waals surface area contributed by atoms with Gasteiger partial charge in [0, 0.05) is 29.1 Å². The lowest BCUT2D eigenvalue weighted by Crippen LogP contribution is -2.15. The van der Waals surface area contributed by atoms with Gasteiger partial charge in [0.15, 0.2) is 5.78 Å². The first kappa shape index (κ1) is 17.7. The Kier molecular flexibility index (Phi) is 5.02. The van der Waals surface area contributed by atoms with E-state index in [2.05, 4.69) is 10.1 Å². The number of esters is 1. The smallest absolute Gasteiger partial charge is 0.325 e. The molecule has 2 aromatic carbocycles. The highest BCUT2D eigenvalue weighted by Crippen LogP contribution is 2.29. The molecule has 0 saturated carbocycles. The summed E-state index contributed by atoms with van der Waals surface area (Å²) in [6, 6.07) is 10.9. The zero-order chi connectivity index (χ0) is 18.7. The van der Waals surface area contributed by atoms with E-state index in [1.807, 2.05) is 6.92 Å². The number of carbonyl (C=O) groups is 2. The Balaban J connectivity index is 1.89. The minimum atomic E-state index is -0.408. The molecule has 0 unspecified atom stereocenters. The predicted molar refractivity (Wildman–Crippen MR) is 95.9 cm³/mol. The molecule has 0 radical (unpaired) electrons. The topological polar surface area (TPSA) is 68.5 Å². The maximum Gasteiger partial charge on any atom is 0.325 e. The highest BCUT2D eigenvalue weighted by Gasteiger charge is 2.21. The average molecular weight is 355 g/mol. The van der Waals surface area contributed by atoms with E-state index in [0.717, 1.165) is 0 Å². The fourth-order valence-electron chi connectivity index (χ4n) is 2.75. The van der Waals surface area contributed by atoms with Gasteiger partial charge in [-0.3, -0.25) is 9.59 Å². The van der Waals surface area contributed by atoms with Crippen LogP contribution in [0, 0.1) is 5.82 Å². The minimum Gasteiger partial charge on any atom is -0.468 e. The Bertz CT molecular complexity index is 960. The van der Waals surface area contributed by atoms with Gasteiger partial charge in [0.05, 0.1) is 12.7 Å². The first-order valence-electron chi connectivity index (χ1n) is 8.20. The van der Waals surface area contributed by atoms with Crippen molar-refractivity contribution in [3.05, 3.63) is 65.2 Å². The SMILES string of the molecule is CCc1oc2cc(F)ccc2c1C(=O)c1ccc(NCC(=O)OC)cc1. The summed E-state index contributed by atoms with van der Waals surface area (Å²) in [5.74, 6) is -0.445. The molecule has 0 saturated heterocycles. The molecule has 6 heteroatoms. The highest BCUT2D eigenvalue weighted by molar-refractivity contribution is 6.17. The zero-order valence-corrected chi connectivity index (χ0v) is 14.5. The summed E-state index contributed by atoms with van der Waals surface area (Å²) < 4.78 is 23.6. The van der Waals surface area contributed by atoms with Crippen molar-refractivity contribution in [3.63, 3.8) is 0 Å². The number of furan rings is 1. The number of hydrogen-bond donors (Lipinski definition) is 1. The molecule has 0 aliphatic rings. The van der Waals surface area contributed by atoms with Crippen molar-refractivity contribution in [2.45, 2.75) is 13.3 Å². The largest absolute Gasteiger partial charge is 0.468 e. The van der Waals surface area contributed by atoms with Gasteiger partial charge in [0.25, 0.3) is 0 Å².